The van der Waals surface area contributed by atoms with Crippen LogP contribution in [0.15, 0.2) is 29.3 Å². The molecule has 0 bridgehead atoms. The minimum absolute atomic E-state index is 0.422. The van der Waals surface area contributed by atoms with Gasteiger partial charge in [0, 0.05) is 32.2 Å². The molecule has 1 aliphatic carbocycles. The minimum atomic E-state index is -0.496. The van der Waals surface area contributed by atoms with Gasteiger partial charge < -0.3 is 25.4 Å². The fraction of sp³-hybridized carbons (Fsp3) is 0.600. The molecule has 0 aromatic heterocycles. The van der Waals surface area contributed by atoms with Crippen molar-refractivity contribution >= 4 is 12.1 Å². The standard InChI is InChI=1S/C20H32N4O3/c1-20(2,3)27-19(25)23-12-11-22-18(21-4)24-13-16-7-5-6-8-17(16)26-14-15-9-10-15/h5-8,15H,9-14H2,1-4H3,(H,23,25)(H2,21,22,24). The number of ether oxygens (including phenoxy) is 2. The Bertz CT molecular complexity index is 636. The van der Waals surface area contributed by atoms with E-state index >= 15 is 0 Å². The van der Waals surface area contributed by atoms with Crippen molar-refractivity contribution in [2.45, 2.75) is 45.8 Å². The summed E-state index contributed by atoms with van der Waals surface area (Å²) in [6, 6.07) is 8.04. The molecular formula is C20H32N4O3. The molecule has 0 spiro atoms. The average Bonchev–Trinajstić information content (AvgIpc) is 3.43. The number of hydrogen-bond acceptors (Lipinski definition) is 4. The van der Waals surface area contributed by atoms with Crippen LogP contribution in [0.1, 0.15) is 39.2 Å². The monoisotopic (exact) mass is 376 g/mol. The molecule has 27 heavy (non-hydrogen) atoms. The Morgan fingerprint density at radius 1 is 1.15 bits per heavy atom. The molecule has 0 aliphatic heterocycles. The zero-order chi connectivity index (χ0) is 19.7. The summed E-state index contributed by atoms with van der Waals surface area (Å²) in [6.07, 6.45) is 2.12. The van der Waals surface area contributed by atoms with E-state index in [0.29, 0.717) is 25.6 Å². The molecule has 0 radical (unpaired) electrons. The lowest BCUT2D eigenvalue weighted by Gasteiger charge is -2.20. The molecule has 1 aromatic rings. The molecule has 0 heterocycles. The second-order valence-corrected chi connectivity index (χ2v) is 7.64. The summed E-state index contributed by atoms with van der Waals surface area (Å²) < 4.78 is 11.1. The predicted octanol–water partition coefficient (Wildman–Crippen LogP) is 2.67. The van der Waals surface area contributed by atoms with Crippen molar-refractivity contribution in [1.29, 1.82) is 0 Å². The summed E-state index contributed by atoms with van der Waals surface area (Å²) in [5.41, 5.74) is 0.595. The third-order valence-corrected chi connectivity index (χ3v) is 3.90. The van der Waals surface area contributed by atoms with Gasteiger partial charge in [-0.1, -0.05) is 18.2 Å². The summed E-state index contributed by atoms with van der Waals surface area (Å²) in [4.78, 5) is 15.8. The highest BCUT2D eigenvalue weighted by Crippen LogP contribution is 2.30. The van der Waals surface area contributed by atoms with Crippen LogP contribution < -0.4 is 20.7 Å². The second-order valence-electron chi connectivity index (χ2n) is 7.64. The Labute approximate surface area is 161 Å². The molecule has 1 saturated carbocycles. The molecule has 1 aromatic carbocycles. The van der Waals surface area contributed by atoms with Gasteiger partial charge >= 0.3 is 6.09 Å². The topological polar surface area (TPSA) is 84.0 Å². The number of aliphatic imine (C=N–C) groups is 1. The molecule has 0 atom stereocenters. The van der Waals surface area contributed by atoms with Crippen molar-refractivity contribution in [2.24, 2.45) is 10.9 Å². The SMILES string of the molecule is CN=C(NCCNC(=O)OC(C)(C)C)NCc1ccccc1OCC1CC1. The van der Waals surface area contributed by atoms with Gasteiger partial charge in [-0.25, -0.2) is 4.79 Å². The molecule has 1 aliphatic rings. The first-order chi connectivity index (χ1) is 12.9. The summed E-state index contributed by atoms with van der Waals surface area (Å²) in [5, 5.41) is 9.14. The summed E-state index contributed by atoms with van der Waals surface area (Å²) in [6.45, 7) is 7.89. The molecule has 0 saturated heterocycles. The number of carbonyl (C=O) groups excluding carboxylic acids is 1. The fourth-order valence-corrected chi connectivity index (χ4v) is 2.34. The van der Waals surface area contributed by atoms with Crippen LogP contribution in [-0.4, -0.2) is 44.4 Å². The van der Waals surface area contributed by atoms with Crippen LogP contribution in [0, 0.1) is 5.92 Å². The molecule has 150 valence electrons. The van der Waals surface area contributed by atoms with Gasteiger partial charge in [0.15, 0.2) is 5.96 Å². The number of nitrogens with zero attached hydrogens (tertiary/aromatic N) is 1. The molecule has 1 amide bonds. The van der Waals surface area contributed by atoms with E-state index in [-0.39, 0.29) is 0 Å². The average molecular weight is 377 g/mol. The Morgan fingerprint density at radius 2 is 1.85 bits per heavy atom. The van der Waals surface area contributed by atoms with Crippen LogP contribution >= 0.6 is 0 Å². The number of benzene rings is 1. The van der Waals surface area contributed by atoms with Crippen molar-refractivity contribution in [3.05, 3.63) is 29.8 Å². The number of rotatable bonds is 8. The van der Waals surface area contributed by atoms with Gasteiger partial charge in [0.1, 0.15) is 11.4 Å². The first-order valence-electron chi connectivity index (χ1n) is 9.49. The lowest BCUT2D eigenvalue weighted by atomic mass is 10.2. The number of hydrogen-bond donors (Lipinski definition) is 3. The second kappa shape index (κ2) is 10.0. The highest BCUT2D eigenvalue weighted by molar-refractivity contribution is 5.79. The molecule has 1 fully saturated rings. The van der Waals surface area contributed by atoms with E-state index in [1.54, 1.807) is 7.05 Å². The highest BCUT2D eigenvalue weighted by atomic mass is 16.6. The number of para-hydroxylation sites is 1. The maximum absolute atomic E-state index is 11.6. The van der Waals surface area contributed by atoms with Crippen molar-refractivity contribution in [3.63, 3.8) is 0 Å². The van der Waals surface area contributed by atoms with Crippen LogP contribution in [0.5, 0.6) is 5.75 Å². The van der Waals surface area contributed by atoms with Crippen LogP contribution in [0.3, 0.4) is 0 Å². The summed E-state index contributed by atoms with van der Waals surface area (Å²) in [5.74, 6) is 2.30. The Kier molecular flexibility index (Phi) is 7.76. The molecule has 7 nitrogen and oxygen atoms in total. The van der Waals surface area contributed by atoms with Crippen molar-refractivity contribution < 1.29 is 14.3 Å². The van der Waals surface area contributed by atoms with Gasteiger partial charge in [0.05, 0.1) is 6.61 Å². The maximum Gasteiger partial charge on any atom is 0.407 e. The lowest BCUT2D eigenvalue weighted by molar-refractivity contribution is 0.0529. The Balaban J connectivity index is 1.70. The van der Waals surface area contributed by atoms with Gasteiger partial charge in [0.2, 0.25) is 0 Å². The van der Waals surface area contributed by atoms with Gasteiger partial charge in [-0.05, 0) is 45.6 Å². The van der Waals surface area contributed by atoms with Crippen molar-refractivity contribution in [1.82, 2.24) is 16.0 Å². The fourth-order valence-electron chi connectivity index (χ4n) is 2.34. The molecule has 3 N–H and O–H groups in total. The molecule has 7 heteroatoms. The summed E-state index contributed by atoms with van der Waals surface area (Å²) >= 11 is 0. The Hall–Kier alpha value is -2.44. The zero-order valence-electron chi connectivity index (χ0n) is 16.8. The third-order valence-electron chi connectivity index (χ3n) is 3.90. The lowest BCUT2D eigenvalue weighted by Crippen LogP contribution is -2.42. The number of amides is 1. The Morgan fingerprint density at radius 3 is 2.52 bits per heavy atom. The largest absolute Gasteiger partial charge is 0.493 e. The van der Waals surface area contributed by atoms with E-state index in [2.05, 4.69) is 20.9 Å². The third kappa shape index (κ3) is 8.66. The first kappa shape index (κ1) is 20.9. The van der Waals surface area contributed by atoms with Gasteiger partial charge in [-0.15, -0.1) is 0 Å². The summed E-state index contributed by atoms with van der Waals surface area (Å²) in [7, 11) is 1.71. The zero-order valence-corrected chi connectivity index (χ0v) is 16.8. The van der Waals surface area contributed by atoms with Crippen LogP contribution in [-0.2, 0) is 11.3 Å². The van der Waals surface area contributed by atoms with Gasteiger partial charge in [-0.3, -0.25) is 4.99 Å². The smallest absolute Gasteiger partial charge is 0.407 e. The van der Waals surface area contributed by atoms with E-state index in [0.717, 1.165) is 23.8 Å². The minimum Gasteiger partial charge on any atom is -0.493 e. The molecule has 0 unspecified atom stereocenters. The number of alkyl carbamates (subject to hydrolysis) is 1. The number of nitrogens with one attached hydrogen (secondary N) is 3. The number of guanidine groups is 1. The van der Waals surface area contributed by atoms with E-state index in [1.807, 2.05) is 45.0 Å². The van der Waals surface area contributed by atoms with Crippen LogP contribution in [0.4, 0.5) is 4.79 Å². The molecule has 2 rings (SSSR count). The van der Waals surface area contributed by atoms with E-state index < -0.39 is 11.7 Å². The first-order valence-corrected chi connectivity index (χ1v) is 9.49. The van der Waals surface area contributed by atoms with E-state index in [9.17, 15) is 4.79 Å². The number of carbonyl (C=O) groups is 1. The molecular weight excluding hydrogens is 344 g/mol. The van der Waals surface area contributed by atoms with Crippen molar-refractivity contribution in [3.8, 4) is 5.75 Å². The van der Waals surface area contributed by atoms with E-state index in [1.165, 1.54) is 12.8 Å². The van der Waals surface area contributed by atoms with Gasteiger partial charge in [-0.2, -0.15) is 0 Å². The van der Waals surface area contributed by atoms with Crippen LogP contribution in [0.2, 0.25) is 0 Å². The quantitative estimate of drug-likeness (QED) is 0.369. The highest BCUT2D eigenvalue weighted by Gasteiger charge is 2.22. The van der Waals surface area contributed by atoms with Crippen LogP contribution in [0.25, 0.3) is 0 Å². The van der Waals surface area contributed by atoms with Crippen molar-refractivity contribution in [2.75, 3.05) is 26.7 Å². The van der Waals surface area contributed by atoms with E-state index in [4.69, 9.17) is 9.47 Å². The van der Waals surface area contributed by atoms with Gasteiger partial charge in [0.25, 0.3) is 0 Å². The maximum atomic E-state index is 11.6. The normalized spacial score (nSPS) is 14.4. The predicted molar refractivity (Wildman–Crippen MR) is 107 cm³/mol.